The third-order valence-electron chi connectivity index (χ3n) is 6.21. The Hall–Kier alpha value is -4.03. The van der Waals surface area contributed by atoms with Crippen LogP contribution in [0.2, 0.25) is 0 Å². The molecule has 3 aromatic carbocycles. The monoisotopic (exact) mass is 447 g/mol. The highest BCUT2D eigenvalue weighted by Gasteiger charge is 2.24. The lowest BCUT2D eigenvalue weighted by Gasteiger charge is -2.35. The normalized spacial score (nSPS) is 14.5. The molecule has 0 radical (unpaired) electrons. The molecule has 6 nitrogen and oxygen atoms in total. The van der Waals surface area contributed by atoms with Crippen molar-refractivity contribution in [1.82, 2.24) is 19.9 Å². The molecule has 1 saturated heterocycles. The Morgan fingerprint density at radius 3 is 1.94 bits per heavy atom. The van der Waals surface area contributed by atoms with Crippen molar-refractivity contribution in [2.75, 3.05) is 31.1 Å². The van der Waals surface area contributed by atoms with Crippen LogP contribution in [0.15, 0.2) is 95.4 Å². The number of hydrogen-bond donors (Lipinski definition) is 0. The Morgan fingerprint density at radius 1 is 0.647 bits per heavy atom. The van der Waals surface area contributed by atoms with Gasteiger partial charge in [-0.25, -0.2) is 9.97 Å². The standard InChI is InChI=1S/C28H25N5O/c1-4-10-21(11-5-1)20-32-16-18-33(19-17-32)27-24-26(29-25(30-27)22-12-6-2-7-13-22)31-28(34-24)23-14-8-3-9-15-23/h1-15H,16-20H2. The molecule has 0 bridgehead atoms. The van der Waals surface area contributed by atoms with E-state index < -0.39 is 0 Å². The van der Waals surface area contributed by atoms with E-state index in [0.29, 0.717) is 22.9 Å². The van der Waals surface area contributed by atoms with Crippen LogP contribution in [0.1, 0.15) is 5.56 Å². The minimum Gasteiger partial charge on any atom is -0.430 e. The third kappa shape index (κ3) is 4.16. The van der Waals surface area contributed by atoms with E-state index in [1.807, 2.05) is 60.7 Å². The fourth-order valence-electron chi connectivity index (χ4n) is 4.40. The maximum Gasteiger partial charge on any atom is 0.229 e. The van der Waals surface area contributed by atoms with E-state index in [0.717, 1.165) is 49.7 Å². The van der Waals surface area contributed by atoms with Gasteiger partial charge in [0.15, 0.2) is 11.6 Å². The zero-order chi connectivity index (χ0) is 22.7. The molecule has 2 aromatic heterocycles. The highest BCUT2D eigenvalue weighted by atomic mass is 16.4. The quantitative estimate of drug-likeness (QED) is 0.366. The van der Waals surface area contributed by atoms with Crippen molar-refractivity contribution in [3.8, 4) is 22.8 Å². The summed E-state index contributed by atoms with van der Waals surface area (Å²) in [6.45, 7) is 4.62. The fourth-order valence-corrected chi connectivity index (χ4v) is 4.40. The van der Waals surface area contributed by atoms with E-state index in [4.69, 9.17) is 19.4 Å². The van der Waals surface area contributed by atoms with Gasteiger partial charge in [-0.1, -0.05) is 78.9 Å². The largest absolute Gasteiger partial charge is 0.430 e. The number of piperazine rings is 1. The molecule has 0 aliphatic carbocycles. The summed E-state index contributed by atoms with van der Waals surface area (Å²) in [4.78, 5) is 19.3. The molecular weight excluding hydrogens is 422 g/mol. The third-order valence-corrected chi connectivity index (χ3v) is 6.21. The van der Waals surface area contributed by atoms with E-state index in [1.54, 1.807) is 0 Å². The summed E-state index contributed by atoms with van der Waals surface area (Å²) < 4.78 is 6.26. The number of anilines is 1. The molecule has 5 aromatic rings. The van der Waals surface area contributed by atoms with Gasteiger partial charge in [-0.2, -0.15) is 4.98 Å². The summed E-state index contributed by atoms with van der Waals surface area (Å²) in [6.07, 6.45) is 0. The first-order valence-electron chi connectivity index (χ1n) is 11.6. The minimum atomic E-state index is 0.569. The molecule has 0 atom stereocenters. The molecule has 0 N–H and O–H groups in total. The Balaban J connectivity index is 1.34. The molecule has 6 heteroatoms. The highest BCUT2D eigenvalue weighted by molar-refractivity contribution is 5.85. The number of benzene rings is 3. The zero-order valence-electron chi connectivity index (χ0n) is 18.8. The molecule has 34 heavy (non-hydrogen) atoms. The maximum absolute atomic E-state index is 6.26. The lowest BCUT2D eigenvalue weighted by atomic mass is 10.2. The summed E-state index contributed by atoms with van der Waals surface area (Å²) in [5.41, 5.74) is 4.48. The van der Waals surface area contributed by atoms with Crippen LogP contribution in [0.3, 0.4) is 0 Å². The average Bonchev–Trinajstić information content (AvgIpc) is 3.35. The topological polar surface area (TPSA) is 58.3 Å². The second-order valence-electron chi connectivity index (χ2n) is 8.52. The van der Waals surface area contributed by atoms with Crippen LogP contribution >= 0.6 is 0 Å². The van der Waals surface area contributed by atoms with E-state index in [9.17, 15) is 0 Å². The van der Waals surface area contributed by atoms with E-state index in [2.05, 4.69) is 40.1 Å². The van der Waals surface area contributed by atoms with Gasteiger partial charge in [-0.15, -0.1) is 0 Å². The van der Waals surface area contributed by atoms with E-state index in [1.165, 1.54) is 5.56 Å². The van der Waals surface area contributed by atoms with Crippen molar-refractivity contribution in [2.24, 2.45) is 0 Å². The van der Waals surface area contributed by atoms with Crippen LogP contribution in [0.4, 0.5) is 5.82 Å². The number of fused-ring (bicyclic) bond motifs is 1. The molecule has 1 aliphatic rings. The van der Waals surface area contributed by atoms with Gasteiger partial charge < -0.3 is 9.32 Å². The zero-order valence-corrected chi connectivity index (χ0v) is 18.8. The van der Waals surface area contributed by atoms with Crippen LogP contribution in [0.5, 0.6) is 0 Å². The maximum atomic E-state index is 6.26. The molecule has 1 fully saturated rings. The van der Waals surface area contributed by atoms with Crippen LogP contribution < -0.4 is 4.90 Å². The van der Waals surface area contributed by atoms with Gasteiger partial charge in [-0.05, 0) is 17.7 Å². The van der Waals surface area contributed by atoms with Gasteiger partial charge in [-0.3, -0.25) is 4.90 Å². The average molecular weight is 448 g/mol. The number of oxazole rings is 1. The van der Waals surface area contributed by atoms with Crippen molar-refractivity contribution < 1.29 is 4.42 Å². The summed E-state index contributed by atoms with van der Waals surface area (Å²) >= 11 is 0. The molecule has 168 valence electrons. The molecule has 0 unspecified atom stereocenters. The van der Waals surface area contributed by atoms with Gasteiger partial charge in [0.2, 0.25) is 17.1 Å². The lowest BCUT2D eigenvalue weighted by Crippen LogP contribution is -2.46. The summed E-state index contributed by atoms with van der Waals surface area (Å²) in [6, 6.07) is 30.6. The second kappa shape index (κ2) is 9.08. The number of hydrogen-bond acceptors (Lipinski definition) is 6. The van der Waals surface area contributed by atoms with Crippen molar-refractivity contribution in [3.05, 3.63) is 96.6 Å². The highest BCUT2D eigenvalue weighted by Crippen LogP contribution is 2.32. The summed E-state index contributed by atoms with van der Waals surface area (Å²) in [5, 5.41) is 0. The van der Waals surface area contributed by atoms with Crippen molar-refractivity contribution in [2.45, 2.75) is 6.54 Å². The Kier molecular flexibility index (Phi) is 5.49. The molecule has 0 spiro atoms. The molecule has 0 saturated carbocycles. The van der Waals surface area contributed by atoms with Gasteiger partial charge in [0.25, 0.3) is 0 Å². The molecule has 0 amide bonds. The second-order valence-corrected chi connectivity index (χ2v) is 8.52. The first kappa shape index (κ1) is 20.6. The van der Waals surface area contributed by atoms with Crippen molar-refractivity contribution >= 4 is 17.0 Å². The van der Waals surface area contributed by atoms with Gasteiger partial charge >= 0.3 is 0 Å². The number of rotatable bonds is 5. The predicted octanol–water partition coefficient (Wildman–Crippen LogP) is 5.27. The number of aromatic nitrogens is 3. The Bertz CT molecular complexity index is 1380. The van der Waals surface area contributed by atoms with E-state index in [-0.39, 0.29) is 0 Å². The molecular formula is C28H25N5O. The van der Waals surface area contributed by atoms with Gasteiger partial charge in [0.1, 0.15) is 0 Å². The number of nitrogens with zero attached hydrogens (tertiary/aromatic N) is 5. The van der Waals surface area contributed by atoms with Crippen molar-refractivity contribution in [1.29, 1.82) is 0 Å². The molecule has 3 heterocycles. The Labute approximate surface area is 198 Å². The van der Waals surface area contributed by atoms with E-state index >= 15 is 0 Å². The van der Waals surface area contributed by atoms with Crippen molar-refractivity contribution in [3.63, 3.8) is 0 Å². The fraction of sp³-hybridized carbons (Fsp3) is 0.179. The smallest absolute Gasteiger partial charge is 0.229 e. The summed E-state index contributed by atoms with van der Waals surface area (Å²) in [5.74, 6) is 2.06. The van der Waals surface area contributed by atoms with Crippen LogP contribution in [0, 0.1) is 0 Å². The predicted molar refractivity (Wildman–Crippen MR) is 134 cm³/mol. The lowest BCUT2D eigenvalue weighted by molar-refractivity contribution is 0.249. The molecule has 1 aliphatic heterocycles. The Morgan fingerprint density at radius 2 is 1.26 bits per heavy atom. The van der Waals surface area contributed by atoms with Gasteiger partial charge in [0.05, 0.1) is 0 Å². The van der Waals surface area contributed by atoms with Gasteiger partial charge in [0, 0.05) is 43.9 Å². The van der Waals surface area contributed by atoms with Crippen LogP contribution in [-0.2, 0) is 6.54 Å². The first-order valence-corrected chi connectivity index (χ1v) is 11.6. The minimum absolute atomic E-state index is 0.569. The first-order chi connectivity index (χ1) is 16.8. The molecule has 6 rings (SSSR count). The van der Waals surface area contributed by atoms with Crippen LogP contribution in [0.25, 0.3) is 34.1 Å². The van der Waals surface area contributed by atoms with Crippen LogP contribution in [-0.4, -0.2) is 46.0 Å². The summed E-state index contributed by atoms with van der Waals surface area (Å²) in [7, 11) is 0. The SMILES string of the molecule is c1ccc(CN2CCN(c3nc(-c4ccccc4)nc4nc(-c5ccccc5)oc34)CC2)cc1.